The summed E-state index contributed by atoms with van der Waals surface area (Å²) in [4.78, 5) is 5.86. The largest absolute Gasteiger partial charge is 0.387 e. The summed E-state index contributed by atoms with van der Waals surface area (Å²) in [5.74, 6) is 1.44. The van der Waals surface area contributed by atoms with E-state index in [2.05, 4.69) is 23.4 Å². The Morgan fingerprint density at radius 3 is 2.87 bits per heavy atom. The van der Waals surface area contributed by atoms with Crippen LogP contribution in [0.2, 0.25) is 0 Å². The summed E-state index contributed by atoms with van der Waals surface area (Å²) in [5, 5.41) is 2.12. The Hall–Kier alpha value is -0.830. The number of aryl methyl sites for hydroxylation is 1. The van der Waals surface area contributed by atoms with Crippen LogP contribution in [-0.4, -0.2) is 5.84 Å². The number of hydrogen-bond donors (Lipinski definition) is 1. The first kappa shape index (κ1) is 10.7. The quantitative estimate of drug-likeness (QED) is 0.619. The predicted octanol–water partition coefficient (Wildman–Crippen LogP) is 3.10. The highest BCUT2D eigenvalue weighted by Gasteiger charge is 2.18. The Morgan fingerprint density at radius 2 is 2.27 bits per heavy atom. The van der Waals surface area contributed by atoms with Crippen molar-refractivity contribution in [1.29, 1.82) is 0 Å². The molecule has 0 radical (unpaired) electrons. The third-order valence-electron chi connectivity index (χ3n) is 3.15. The van der Waals surface area contributed by atoms with Crippen molar-refractivity contribution in [3.8, 4) is 0 Å². The molecule has 0 unspecified atom stereocenters. The highest BCUT2D eigenvalue weighted by molar-refractivity contribution is 7.10. The molecule has 0 spiro atoms. The lowest BCUT2D eigenvalue weighted by molar-refractivity contribution is 0.716. The van der Waals surface area contributed by atoms with Crippen LogP contribution in [0.3, 0.4) is 0 Å². The van der Waals surface area contributed by atoms with Gasteiger partial charge in [-0.05, 0) is 36.8 Å². The second kappa shape index (κ2) is 4.79. The number of nitrogens with zero attached hydrogens (tertiary/aromatic N) is 1. The molecular weight excluding hydrogens is 204 g/mol. The summed E-state index contributed by atoms with van der Waals surface area (Å²) in [6, 6.07) is 2.14. The van der Waals surface area contributed by atoms with Crippen LogP contribution in [0.1, 0.15) is 36.1 Å². The fraction of sp³-hybridized carbons (Fsp3) is 0.583. The van der Waals surface area contributed by atoms with E-state index in [1.807, 2.05) is 0 Å². The number of rotatable bonds is 3. The molecule has 2 nitrogen and oxygen atoms in total. The number of thiophene rings is 1. The van der Waals surface area contributed by atoms with Crippen molar-refractivity contribution in [3.63, 3.8) is 0 Å². The Morgan fingerprint density at radius 1 is 1.53 bits per heavy atom. The van der Waals surface area contributed by atoms with Gasteiger partial charge in [-0.3, -0.25) is 4.99 Å². The van der Waals surface area contributed by atoms with Crippen molar-refractivity contribution in [2.45, 2.75) is 39.2 Å². The maximum Gasteiger partial charge on any atom is 0.0972 e. The Balaban J connectivity index is 1.95. The normalized spacial score (nSPS) is 18.6. The van der Waals surface area contributed by atoms with E-state index in [4.69, 9.17) is 5.73 Å². The predicted molar refractivity (Wildman–Crippen MR) is 66.3 cm³/mol. The van der Waals surface area contributed by atoms with Crippen molar-refractivity contribution < 1.29 is 0 Å². The van der Waals surface area contributed by atoms with E-state index in [1.165, 1.54) is 36.1 Å². The van der Waals surface area contributed by atoms with Crippen LogP contribution >= 0.6 is 11.3 Å². The minimum atomic E-state index is 0.560. The van der Waals surface area contributed by atoms with E-state index >= 15 is 0 Å². The van der Waals surface area contributed by atoms with Gasteiger partial charge in [0.1, 0.15) is 0 Å². The van der Waals surface area contributed by atoms with E-state index in [-0.39, 0.29) is 0 Å². The Labute approximate surface area is 95.2 Å². The molecule has 1 aromatic heterocycles. The summed E-state index contributed by atoms with van der Waals surface area (Å²) in [6.07, 6.45) is 5.11. The van der Waals surface area contributed by atoms with Crippen molar-refractivity contribution in [3.05, 3.63) is 21.9 Å². The van der Waals surface area contributed by atoms with Crippen LogP contribution in [0, 0.1) is 12.8 Å². The van der Waals surface area contributed by atoms with Crippen LogP contribution in [0.25, 0.3) is 0 Å². The molecule has 0 atom stereocenters. The average Bonchev–Trinajstić information content (AvgIpc) is 2.85. The fourth-order valence-electron chi connectivity index (χ4n) is 2.08. The van der Waals surface area contributed by atoms with Crippen LogP contribution in [0.4, 0.5) is 0 Å². The topological polar surface area (TPSA) is 38.4 Å². The summed E-state index contributed by atoms with van der Waals surface area (Å²) in [5.41, 5.74) is 7.34. The van der Waals surface area contributed by atoms with Crippen molar-refractivity contribution in [2.24, 2.45) is 16.6 Å². The molecule has 1 fully saturated rings. The maximum absolute atomic E-state index is 6.00. The van der Waals surface area contributed by atoms with Gasteiger partial charge in [-0.15, -0.1) is 11.3 Å². The van der Waals surface area contributed by atoms with Crippen molar-refractivity contribution in [2.75, 3.05) is 0 Å². The molecule has 1 aliphatic rings. The van der Waals surface area contributed by atoms with Gasteiger partial charge in [-0.2, -0.15) is 0 Å². The molecule has 2 rings (SSSR count). The summed E-state index contributed by atoms with van der Waals surface area (Å²) < 4.78 is 0. The van der Waals surface area contributed by atoms with E-state index in [0.717, 1.165) is 12.4 Å². The molecule has 0 bridgehead atoms. The summed E-state index contributed by atoms with van der Waals surface area (Å²) >= 11 is 1.77. The van der Waals surface area contributed by atoms with Gasteiger partial charge in [0.25, 0.3) is 0 Å². The highest BCUT2D eigenvalue weighted by Crippen LogP contribution is 2.25. The van der Waals surface area contributed by atoms with Gasteiger partial charge in [-0.1, -0.05) is 12.8 Å². The van der Waals surface area contributed by atoms with Gasteiger partial charge in [0.2, 0.25) is 0 Å². The Kier molecular flexibility index (Phi) is 3.41. The van der Waals surface area contributed by atoms with Crippen molar-refractivity contribution in [1.82, 2.24) is 0 Å². The zero-order valence-electron chi connectivity index (χ0n) is 9.20. The van der Waals surface area contributed by atoms with Gasteiger partial charge in [0.05, 0.1) is 12.4 Å². The Bertz CT molecular complexity index is 348. The molecule has 0 aromatic carbocycles. The van der Waals surface area contributed by atoms with Gasteiger partial charge < -0.3 is 5.73 Å². The van der Waals surface area contributed by atoms with Crippen molar-refractivity contribution >= 4 is 17.2 Å². The first-order valence-electron chi connectivity index (χ1n) is 5.60. The highest BCUT2D eigenvalue weighted by atomic mass is 32.1. The molecule has 2 N–H and O–H groups in total. The third kappa shape index (κ3) is 2.59. The minimum Gasteiger partial charge on any atom is -0.387 e. The smallest absolute Gasteiger partial charge is 0.0972 e. The van der Waals surface area contributed by atoms with Crippen LogP contribution in [-0.2, 0) is 6.54 Å². The lowest BCUT2D eigenvalue weighted by Gasteiger charge is -2.07. The van der Waals surface area contributed by atoms with Gasteiger partial charge in [0.15, 0.2) is 0 Å². The van der Waals surface area contributed by atoms with Gasteiger partial charge in [-0.25, -0.2) is 0 Å². The SMILES string of the molecule is Cc1ccsc1CN=C(N)C1CCCC1. The van der Waals surface area contributed by atoms with E-state index in [9.17, 15) is 0 Å². The molecule has 82 valence electrons. The lowest BCUT2D eigenvalue weighted by Crippen LogP contribution is -2.21. The molecule has 15 heavy (non-hydrogen) atoms. The second-order valence-corrected chi connectivity index (χ2v) is 5.25. The van der Waals surface area contributed by atoms with E-state index < -0.39 is 0 Å². The first-order chi connectivity index (χ1) is 7.27. The fourth-order valence-corrected chi connectivity index (χ4v) is 2.91. The van der Waals surface area contributed by atoms with Crippen LogP contribution < -0.4 is 5.73 Å². The van der Waals surface area contributed by atoms with E-state index in [0.29, 0.717) is 5.92 Å². The standard InChI is InChI=1S/C12H18N2S/c1-9-6-7-15-11(9)8-14-12(13)10-4-2-3-5-10/h6-7,10H,2-5,8H2,1H3,(H2,13,14). The zero-order chi connectivity index (χ0) is 10.7. The van der Waals surface area contributed by atoms with Crippen LogP contribution in [0.5, 0.6) is 0 Å². The molecular formula is C12H18N2S. The minimum absolute atomic E-state index is 0.560. The van der Waals surface area contributed by atoms with E-state index in [1.54, 1.807) is 11.3 Å². The number of amidine groups is 1. The number of nitrogens with two attached hydrogens (primary N) is 1. The summed E-state index contributed by atoms with van der Waals surface area (Å²) in [6.45, 7) is 2.90. The third-order valence-corrected chi connectivity index (χ3v) is 4.15. The first-order valence-corrected chi connectivity index (χ1v) is 6.48. The molecule has 1 aliphatic carbocycles. The molecule has 1 aromatic rings. The number of aliphatic imine (C=N–C) groups is 1. The molecule has 1 heterocycles. The summed E-state index contributed by atoms with van der Waals surface area (Å²) in [7, 11) is 0. The van der Waals surface area contributed by atoms with Gasteiger partial charge in [0, 0.05) is 10.8 Å². The molecule has 0 aliphatic heterocycles. The van der Waals surface area contributed by atoms with Crippen LogP contribution in [0.15, 0.2) is 16.4 Å². The molecule has 3 heteroatoms. The monoisotopic (exact) mass is 222 g/mol. The molecule has 0 amide bonds. The second-order valence-electron chi connectivity index (χ2n) is 4.25. The van der Waals surface area contributed by atoms with Gasteiger partial charge >= 0.3 is 0 Å². The zero-order valence-corrected chi connectivity index (χ0v) is 10.0. The maximum atomic E-state index is 6.00. The average molecular weight is 222 g/mol. The lowest BCUT2D eigenvalue weighted by atomic mass is 10.1. The molecule has 0 saturated heterocycles. The molecule has 1 saturated carbocycles. The number of hydrogen-bond acceptors (Lipinski definition) is 2.